The Kier molecular flexibility index (Phi) is 9.15. The zero-order valence-corrected chi connectivity index (χ0v) is 18.2. The standard InChI is InChI=1S/C20H25ClN2O3S2/c1-28(25,26)23(19-10-5-9-18(21)15-19)13-6-11-20(24)22-12-14-27-16-17-7-3-2-4-8-17/h2-5,7-10,15H,6,11-14,16H2,1H3,(H,22,24). The molecule has 0 saturated heterocycles. The van der Waals surface area contributed by atoms with Crippen molar-refractivity contribution >= 4 is 45.0 Å². The molecule has 0 aromatic heterocycles. The summed E-state index contributed by atoms with van der Waals surface area (Å²) < 4.78 is 25.4. The predicted molar refractivity (Wildman–Crippen MR) is 118 cm³/mol. The van der Waals surface area contributed by atoms with Gasteiger partial charge in [0.1, 0.15) is 0 Å². The van der Waals surface area contributed by atoms with Gasteiger partial charge in [0.15, 0.2) is 0 Å². The number of hydrogen-bond acceptors (Lipinski definition) is 4. The quantitative estimate of drug-likeness (QED) is 0.537. The summed E-state index contributed by atoms with van der Waals surface area (Å²) in [4.78, 5) is 12.0. The Morgan fingerprint density at radius 3 is 2.57 bits per heavy atom. The molecule has 8 heteroatoms. The third-order valence-electron chi connectivity index (χ3n) is 3.94. The highest BCUT2D eigenvalue weighted by molar-refractivity contribution is 7.98. The number of nitrogens with zero attached hydrogens (tertiary/aromatic N) is 1. The third-order valence-corrected chi connectivity index (χ3v) is 6.40. The van der Waals surface area contributed by atoms with Crippen LogP contribution in [0.3, 0.4) is 0 Å². The molecule has 0 atom stereocenters. The van der Waals surface area contributed by atoms with E-state index in [0.717, 1.165) is 17.8 Å². The van der Waals surface area contributed by atoms with Crippen molar-refractivity contribution in [1.82, 2.24) is 5.32 Å². The lowest BCUT2D eigenvalue weighted by atomic mass is 10.2. The minimum absolute atomic E-state index is 0.0696. The summed E-state index contributed by atoms with van der Waals surface area (Å²) in [5.74, 6) is 1.68. The van der Waals surface area contributed by atoms with Gasteiger partial charge in [0.25, 0.3) is 0 Å². The van der Waals surface area contributed by atoms with Crippen molar-refractivity contribution in [2.24, 2.45) is 0 Å². The van der Waals surface area contributed by atoms with E-state index in [1.54, 1.807) is 36.0 Å². The largest absolute Gasteiger partial charge is 0.355 e. The number of amides is 1. The molecule has 0 heterocycles. The summed E-state index contributed by atoms with van der Waals surface area (Å²) in [5.41, 5.74) is 1.77. The SMILES string of the molecule is CS(=O)(=O)N(CCCC(=O)NCCSCc1ccccc1)c1cccc(Cl)c1. The molecule has 5 nitrogen and oxygen atoms in total. The Balaban J connectivity index is 1.69. The summed E-state index contributed by atoms with van der Waals surface area (Å²) in [6.07, 6.45) is 1.86. The molecule has 0 unspecified atom stereocenters. The van der Waals surface area contributed by atoms with Gasteiger partial charge in [-0.3, -0.25) is 9.10 Å². The van der Waals surface area contributed by atoms with Gasteiger partial charge < -0.3 is 5.32 Å². The van der Waals surface area contributed by atoms with E-state index in [4.69, 9.17) is 11.6 Å². The molecule has 1 amide bonds. The van der Waals surface area contributed by atoms with Crippen molar-refractivity contribution in [3.63, 3.8) is 0 Å². The van der Waals surface area contributed by atoms with Crippen LogP contribution in [0.1, 0.15) is 18.4 Å². The number of carbonyl (C=O) groups is 1. The van der Waals surface area contributed by atoms with Crippen molar-refractivity contribution in [2.45, 2.75) is 18.6 Å². The molecule has 0 aliphatic heterocycles. The second kappa shape index (κ2) is 11.3. The Morgan fingerprint density at radius 2 is 1.89 bits per heavy atom. The van der Waals surface area contributed by atoms with E-state index in [2.05, 4.69) is 17.4 Å². The number of anilines is 1. The highest BCUT2D eigenvalue weighted by Gasteiger charge is 2.17. The van der Waals surface area contributed by atoms with Crippen LogP contribution < -0.4 is 9.62 Å². The van der Waals surface area contributed by atoms with E-state index >= 15 is 0 Å². The first kappa shape index (κ1) is 22.6. The number of nitrogens with one attached hydrogen (secondary N) is 1. The molecule has 0 bridgehead atoms. The fraction of sp³-hybridized carbons (Fsp3) is 0.350. The maximum Gasteiger partial charge on any atom is 0.232 e. The number of carbonyl (C=O) groups excluding carboxylic acids is 1. The average molecular weight is 441 g/mol. The molecule has 0 radical (unpaired) electrons. The molecule has 28 heavy (non-hydrogen) atoms. The summed E-state index contributed by atoms with van der Waals surface area (Å²) >= 11 is 7.72. The van der Waals surface area contributed by atoms with Gasteiger partial charge in [-0.15, -0.1) is 0 Å². The Morgan fingerprint density at radius 1 is 1.14 bits per heavy atom. The van der Waals surface area contributed by atoms with Gasteiger partial charge >= 0.3 is 0 Å². The van der Waals surface area contributed by atoms with Gasteiger partial charge in [0.2, 0.25) is 15.9 Å². The van der Waals surface area contributed by atoms with Crippen molar-refractivity contribution in [2.75, 3.05) is 29.4 Å². The van der Waals surface area contributed by atoms with Crippen LogP contribution in [0.4, 0.5) is 5.69 Å². The first-order valence-electron chi connectivity index (χ1n) is 8.98. The molecule has 2 rings (SSSR count). The predicted octanol–water partition coefficient (Wildman–Crippen LogP) is 3.94. The Hall–Kier alpha value is -1.70. The minimum Gasteiger partial charge on any atom is -0.355 e. The normalized spacial score (nSPS) is 11.2. The van der Waals surface area contributed by atoms with Crippen LogP contribution >= 0.6 is 23.4 Å². The van der Waals surface area contributed by atoms with Gasteiger partial charge in [0, 0.05) is 36.0 Å². The summed E-state index contributed by atoms with van der Waals surface area (Å²) in [6, 6.07) is 16.9. The van der Waals surface area contributed by atoms with E-state index in [9.17, 15) is 13.2 Å². The molecule has 0 fully saturated rings. The lowest BCUT2D eigenvalue weighted by molar-refractivity contribution is -0.121. The van der Waals surface area contributed by atoms with Gasteiger partial charge in [-0.1, -0.05) is 48.0 Å². The average Bonchev–Trinajstić information content (AvgIpc) is 2.65. The van der Waals surface area contributed by atoms with Gasteiger partial charge in [-0.05, 0) is 30.2 Å². The first-order chi connectivity index (χ1) is 13.4. The van der Waals surface area contributed by atoms with Gasteiger partial charge in [-0.2, -0.15) is 11.8 Å². The second-order valence-corrected chi connectivity index (χ2v) is 9.76. The van der Waals surface area contributed by atoms with Crippen LogP contribution in [-0.4, -0.2) is 39.4 Å². The van der Waals surface area contributed by atoms with E-state index in [-0.39, 0.29) is 18.9 Å². The number of hydrogen-bond donors (Lipinski definition) is 1. The summed E-state index contributed by atoms with van der Waals surface area (Å²) in [6.45, 7) is 0.829. The molecule has 152 valence electrons. The van der Waals surface area contributed by atoms with E-state index in [1.807, 2.05) is 18.2 Å². The molecule has 0 aliphatic carbocycles. The van der Waals surface area contributed by atoms with Crippen LogP contribution in [0.5, 0.6) is 0 Å². The zero-order chi connectivity index (χ0) is 20.4. The zero-order valence-electron chi connectivity index (χ0n) is 15.8. The van der Waals surface area contributed by atoms with E-state index in [1.165, 1.54) is 9.87 Å². The summed E-state index contributed by atoms with van der Waals surface area (Å²) in [5, 5.41) is 3.35. The lowest BCUT2D eigenvalue weighted by Gasteiger charge is -2.22. The fourth-order valence-corrected chi connectivity index (χ4v) is 4.58. The van der Waals surface area contributed by atoms with Gasteiger partial charge in [0.05, 0.1) is 11.9 Å². The molecular formula is C20H25ClN2O3S2. The summed E-state index contributed by atoms with van der Waals surface area (Å²) in [7, 11) is -3.44. The highest BCUT2D eigenvalue weighted by atomic mass is 35.5. The van der Waals surface area contributed by atoms with Crippen molar-refractivity contribution in [3.05, 3.63) is 65.2 Å². The second-order valence-electron chi connectivity index (χ2n) is 6.31. The molecule has 0 saturated carbocycles. The molecule has 2 aromatic rings. The minimum atomic E-state index is -3.44. The molecule has 2 aromatic carbocycles. The van der Waals surface area contributed by atoms with Crippen LogP contribution in [0, 0.1) is 0 Å². The van der Waals surface area contributed by atoms with Crippen LogP contribution in [0.15, 0.2) is 54.6 Å². The number of rotatable bonds is 11. The number of sulfonamides is 1. The third kappa shape index (κ3) is 8.12. The lowest BCUT2D eigenvalue weighted by Crippen LogP contribution is -2.32. The van der Waals surface area contributed by atoms with Crippen molar-refractivity contribution in [1.29, 1.82) is 0 Å². The monoisotopic (exact) mass is 440 g/mol. The first-order valence-corrected chi connectivity index (χ1v) is 12.4. The fourth-order valence-electron chi connectivity index (χ4n) is 2.62. The van der Waals surface area contributed by atoms with Crippen LogP contribution in [-0.2, 0) is 20.6 Å². The maximum atomic E-state index is 12.1. The Labute approximate surface area is 176 Å². The van der Waals surface area contributed by atoms with Gasteiger partial charge in [-0.25, -0.2) is 8.42 Å². The number of thioether (sulfide) groups is 1. The Bertz CT molecular complexity index is 861. The van der Waals surface area contributed by atoms with E-state index in [0.29, 0.717) is 23.7 Å². The molecule has 0 aliphatic rings. The van der Waals surface area contributed by atoms with Crippen molar-refractivity contribution < 1.29 is 13.2 Å². The molecule has 0 spiro atoms. The topological polar surface area (TPSA) is 66.5 Å². The van der Waals surface area contributed by atoms with E-state index < -0.39 is 10.0 Å². The van der Waals surface area contributed by atoms with Crippen LogP contribution in [0.25, 0.3) is 0 Å². The number of halogens is 1. The molecule has 1 N–H and O–H groups in total. The smallest absolute Gasteiger partial charge is 0.232 e. The molecular weight excluding hydrogens is 416 g/mol. The highest BCUT2D eigenvalue weighted by Crippen LogP contribution is 2.22. The van der Waals surface area contributed by atoms with Crippen molar-refractivity contribution in [3.8, 4) is 0 Å². The number of benzene rings is 2. The maximum absolute atomic E-state index is 12.1. The van der Waals surface area contributed by atoms with Crippen LogP contribution in [0.2, 0.25) is 5.02 Å².